The van der Waals surface area contributed by atoms with Gasteiger partial charge >= 0.3 is 0 Å². The molecule has 0 heterocycles. The number of methoxy groups -OCH3 is 3. The van der Waals surface area contributed by atoms with Gasteiger partial charge in [-0.05, 0) is 42.8 Å². The third-order valence-corrected chi connectivity index (χ3v) is 4.11. The van der Waals surface area contributed by atoms with Crippen LogP contribution in [0, 0.1) is 0 Å². The standard InChI is InChI=1S/C21H25N3O5/c1-14(23-20(25)11-15-5-7-17(27-2)8-6-15)21(26)24-22-13-16-12-18(28-3)9-10-19(16)29-4/h5-10,12-14H,11H2,1-4H3,(H,23,25)(H,24,26). The fourth-order valence-electron chi connectivity index (χ4n) is 2.49. The minimum absolute atomic E-state index is 0.159. The van der Waals surface area contributed by atoms with Gasteiger partial charge in [-0.25, -0.2) is 5.43 Å². The van der Waals surface area contributed by atoms with Crippen molar-refractivity contribution in [2.24, 2.45) is 5.10 Å². The van der Waals surface area contributed by atoms with E-state index < -0.39 is 11.9 Å². The normalized spacial score (nSPS) is 11.6. The molecule has 2 amide bonds. The molecule has 2 N–H and O–H groups in total. The van der Waals surface area contributed by atoms with Gasteiger partial charge in [0.15, 0.2) is 0 Å². The van der Waals surface area contributed by atoms with Crippen LogP contribution in [0.2, 0.25) is 0 Å². The number of ether oxygens (including phenoxy) is 3. The zero-order chi connectivity index (χ0) is 21.2. The van der Waals surface area contributed by atoms with E-state index in [9.17, 15) is 9.59 Å². The fraction of sp³-hybridized carbons (Fsp3) is 0.286. The molecule has 0 saturated carbocycles. The van der Waals surface area contributed by atoms with Crippen molar-refractivity contribution in [2.45, 2.75) is 19.4 Å². The Balaban J connectivity index is 1.88. The first-order valence-corrected chi connectivity index (χ1v) is 8.94. The SMILES string of the molecule is COc1ccc(CC(=O)NC(C)C(=O)NN=Cc2cc(OC)ccc2OC)cc1. The molecule has 8 heteroatoms. The van der Waals surface area contributed by atoms with Gasteiger partial charge in [-0.1, -0.05) is 12.1 Å². The predicted molar refractivity (Wildman–Crippen MR) is 110 cm³/mol. The summed E-state index contributed by atoms with van der Waals surface area (Å²) in [6.07, 6.45) is 1.61. The average Bonchev–Trinajstić information content (AvgIpc) is 2.73. The lowest BCUT2D eigenvalue weighted by atomic mass is 10.1. The van der Waals surface area contributed by atoms with Crippen LogP contribution in [0.3, 0.4) is 0 Å². The highest BCUT2D eigenvalue weighted by Gasteiger charge is 2.15. The van der Waals surface area contributed by atoms with Crippen LogP contribution in [0.5, 0.6) is 17.2 Å². The Morgan fingerprint density at radius 1 is 1.00 bits per heavy atom. The number of hydrazone groups is 1. The van der Waals surface area contributed by atoms with E-state index in [1.54, 1.807) is 63.6 Å². The molecule has 1 atom stereocenters. The summed E-state index contributed by atoms with van der Waals surface area (Å²) < 4.78 is 15.5. The van der Waals surface area contributed by atoms with Crippen LogP contribution >= 0.6 is 0 Å². The highest BCUT2D eigenvalue weighted by Crippen LogP contribution is 2.22. The third kappa shape index (κ3) is 6.53. The van der Waals surface area contributed by atoms with E-state index >= 15 is 0 Å². The van der Waals surface area contributed by atoms with Gasteiger partial charge in [0.1, 0.15) is 23.3 Å². The first-order chi connectivity index (χ1) is 14.0. The molecule has 29 heavy (non-hydrogen) atoms. The van der Waals surface area contributed by atoms with E-state index in [1.807, 2.05) is 0 Å². The van der Waals surface area contributed by atoms with E-state index in [4.69, 9.17) is 14.2 Å². The summed E-state index contributed by atoms with van der Waals surface area (Å²) in [7, 11) is 4.67. The van der Waals surface area contributed by atoms with Crippen LogP contribution in [-0.2, 0) is 16.0 Å². The van der Waals surface area contributed by atoms with Crippen molar-refractivity contribution >= 4 is 18.0 Å². The van der Waals surface area contributed by atoms with Crippen molar-refractivity contribution in [1.82, 2.24) is 10.7 Å². The van der Waals surface area contributed by atoms with Crippen LogP contribution in [0.1, 0.15) is 18.1 Å². The number of nitrogens with zero attached hydrogens (tertiary/aromatic N) is 1. The summed E-state index contributed by atoms with van der Waals surface area (Å²) in [6, 6.07) is 11.6. The van der Waals surface area contributed by atoms with Gasteiger partial charge in [0.25, 0.3) is 5.91 Å². The third-order valence-electron chi connectivity index (χ3n) is 4.11. The number of nitrogens with one attached hydrogen (secondary N) is 2. The molecular formula is C21H25N3O5. The van der Waals surface area contributed by atoms with Gasteiger partial charge < -0.3 is 19.5 Å². The molecule has 0 bridgehead atoms. The van der Waals surface area contributed by atoms with Crippen molar-refractivity contribution in [3.63, 3.8) is 0 Å². The smallest absolute Gasteiger partial charge is 0.262 e. The number of carbonyl (C=O) groups excluding carboxylic acids is 2. The Morgan fingerprint density at radius 3 is 2.28 bits per heavy atom. The van der Waals surface area contributed by atoms with E-state index in [0.29, 0.717) is 22.8 Å². The molecule has 0 saturated heterocycles. The van der Waals surface area contributed by atoms with E-state index in [-0.39, 0.29) is 12.3 Å². The summed E-state index contributed by atoms with van der Waals surface area (Å²) >= 11 is 0. The minimum atomic E-state index is -0.745. The highest BCUT2D eigenvalue weighted by atomic mass is 16.5. The quantitative estimate of drug-likeness (QED) is 0.496. The molecule has 2 rings (SSSR count). The zero-order valence-electron chi connectivity index (χ0n) is 16.9. The van der Waals surface area contributed by atoms with Crippen molar-refractivity contribution in [1.29, 1.82) is 0 Å². The van der Waals surface area contributed by atoms with E-state index in [0.717, 1.165) is 5.56 Å². The Labute approximate surface area is 169 Å². The molecule has 0 aliphatic carbocycles. The molecule has 2 aromatic rings. The van der Waals surface area contributed by atoms with E-state index in [1.165, 1.54) is 13.3 Å². The van der Waals surface area contributed by atoms with Gasteiger partial charge in [0, 0.05) is 5.56 Å². The first kappa shape index (κ1) is 21.7. The van der Waals surface area contributed by atoms with Gasteiger partial charge in [-0.15, -0.1) is 0 Å². The maximum absolute atomic E-state index is 12.2. The van der Waals surface area contributed by atoms with E-state index in [2.05, 4.69) is 15.8 Å². The monoisotopic (exact) mass is 399 g/mol. The molecule has 0 aromatic heterocycles. The van der Waals surface area contributed by atoms with Gasteiger partial charge in [0.05, 0.1) is 34.0 Å². The van der Waals surface area contributed by atoms with Gasteiger partial charge in [-0.2, -0.15) is 5.10 Å². The summed E-state index contributed by atoms with van der Waals surface area (Å²) in [6.45, 7) is 1.59. The number of rotatable bonds is 9. The Bertz CT molecular complexity index is 865. The molecule has 0 aliphatic rings. The maximum atomic E-state index is 12.2. The van der Waals surface area contributed by atoms with Gasteiger partial charge in [-0.3, -0.25) is 9.59 Å². The second-order valence-corrected chi connectivity index (χ2v) is 6.16. The van der Waals surface area contributed by atoms with Crippen molar-refractivity contribution in [2.75, 3.05) is 21.3 Å². The molecule has 0 aliphatic heterocycles. The van der Waals surface area contributed by atoms with Crippen molar-refractivity contribution < 1.29 is 23.8 Å². The average molecular weight is 399 g/mol. The molecule has 0 radical (unpaired) electrons. The lowest BCUT2D eigenvalue weighted by Gasteiger charge is -2.12. The lowest BCUT2D eigenvalue weighted by Crippen LogP contribution is -2.43. The van der Waals surface area contributed by atoms with Crippen molar-refractivity contribution in [3.8, 4) is 17.2 Å². The minimum Gasteiger partial charge on any atom is -0.497 e. The molecule has 0 fully saturated rings. The fourth-order valence-corrected chi connectivity index (χ4v) is 2.49. The lowest BCUT2D eigenvalue weighted by molar-refractivity contribution is -0.128. The zero-order valence-corrected chi connectivity index (χ0v) is 16.9. The molecule has 1 unspecified atom stereocenters. The predicted octanol–water partition coefficient (Wildman–Crippen LogP) is 1.91. The topological polar surface area (TPSA) is 98.2 Å². The van der Waals surface area contributed by atoms with Crippen LogP contribution < -0.4 is 25.0 Å². The second-order valence-electron chi connectivity index (χ2n) is 6.16. The Hall–Kier alpha value is -3.55. The summed E-state index contributed by atoms with van der Waals surface area (Å²) in [5, 5.41) is 6.58. The largest absolute Gasteiger partial charge is 0.497 e. The summed E-state index contributed by atoms with van der Waals surface area (Å²) in [4.78, 5) is 24.3. The van der Waals surface area contributed by atoms with Crippen LogP contribution in [0.15, 0.2) is 47.6 Å². The highest BCUT2D eigenvalue weighted by molar-refractivity contribution is 5.89. The Morgan fingerprint density at radius 2 is 1.66 bits per heavy atom. The van der Waals surface area contributed by atoms with Crippen molar-refractivity contribution in [3.05, 3.63) is 53.6 Å². The van der Waals surface area contributed by atoms with Gasteiger partial charge in [0.2, 0.25) is 5.91 Å². The summed E-state index contributed by atoms with van der Waals surface area (Å²) in [5.74, 6) is 1.23. The number of carbonyl (C=O) groups is 2. The number of benzene rings is 2. The number of hydrogen-bond acceptors (Lipinski definition) is 6. The van der Waals surface area contributed by atoms with Crippen LogP contribution in [-0.4, -0.2) is 45.4 Å². The molecule has 0 spiro atoms. The molecular weight excluding hydrogens is 374 g/mol. The first-order valence-electron chi connectivity index (χ1n) is 8.94. The van der Waals surface area contributed by atoms with Crippen LogP contribution in [0.4, 0.5) is 0 Å². The number of hydrogen-bond donors (Lipinski definition) is 2. The summed E-state index contributed by atoms with van der Waals surface area (Å²) in [5.41, 5.74) is 3.87. The van der Waals surface area contributed by atoms with Crippen LogP contribution in [0.25, 0.3) is 0 Å². The maximum Gasteiger partial charge on any atom is 0.262 e. The molecule has 2 aromatic carbocycles. The molecule has 154 valence electrons. The molecule has 8 nitrogen and oxygen atoms in total. The Kier molecular flexibility index (Phi) is 8.02. The second kappa shape index (κ2) is 10.7. The number of amides is 2.